The maximum atomic E-state index is 13.0. The number of amides is 1. The van der Waals surface area contributed by atoms with Crippen molar-refractivity contribution >= 4 is 11.6 Å². The summed E-state index contributed by atoms with van der Waals surface area (Å²) in [6, 6.07) is 7.98. The highest BCUT2D eigenvalue weighted by Crippen LogP contribution is 2.26. The number of likely N-dealkylation sites (tertiary alicyclic amines) is 1. The van der Waals surface area contributed by atoms with E-state index in [4.69, 9.17) is 9.47 Å². The molecule has 3 rings (SSSR count). The number of rotatable bonds is 5. The largest absolute Gasteiger partial charge is 0.375 e. The van der Waals surface area contributed by atoms with Crippen molar-refractivity contribution in [1.82, 2.24) is 4.90 Å². The van der Waals surface area contributed by atoms with Crippen molar-refractivity contribution in [1.29, 1.82) is 0 Å². The molecule has 1 atom stereocenters. The normalized spacial score (nSPS) is 21.9. The van der Waals surface area contributed by atoms with Crippen molar-refractivity contribution in [3.63, 3.8) is 0 Å². The Morgan fingerprint density at radius 3 is 2.58 bits per heavy atom. The van der Waals surface area contributed by atoms with Gasteiger partial charge in [0.05, 0.1) is 19.3 Å². The van der Waals surface area contributed by atoms with Crippen LogP contribution in [-0.2, 0) is 9.47 Å². The third-order valence-electron chi connectivity index (χ3n) is 4.89. The maximum Gasteiger partial charge on any atom is 0.254 e. The fourth-order valence-corrected chi connectivity index (χ4v) is 3.58. The molecule has 0 N–H and O–H groups in total. The molecule has 24 heavy (non-hydrogen) atoms. The Kier molecular flexibility index (Phi) is 5.74. The number of carbonyl (C=O) groups excluding carboxylic acids is 1. The van der Waals surface area contributed by atoms with Crippen molar-refractivity contribution < 1.29 is 14.3 Å². The summed E-state index contributed by atoms with van der Waals surface area (Å²) in [5.41, 5.74) is 1.89. The second-order valence-corrected chi connectivity index (χ2v) is 6.64. The minimum Gasteiger partial charge on any atom is -0.375 e. The predicted octanol–water partition coefficient (Wildman–Crippen LogP) is 2.90. The zero-order chi connectivity index (χ0) is 16.9. The number of piperidine rings is 1. The number of carbonyl (C=O) groups is 1. The molecule has 2 aliphatic rings. The number of benzene rings is 1. The van der Waals surface area contributed by atoms with Crippen LogP contribution in [0, 0.1) is 0 Å². The smallest absolute Gasteiger partial charge is 0.254 e. The van der Waals surface area contributed by atoms with Crippen LogP contribution < -0.4 is 4.90 Å². The fraction of sp³-hybridized carbons (Fsp3) is 0.632. The highest BCUT2D eigenvalue weighted by Gasteiger charge is 2.36. The van der Waals surface area contributed by atoms with Crippen LogP contribution in [0.5, 0.6) is 0 Å². The molecule has 0 aromatic heterocycles. The van der Waals surface area contributed by atoms with Crippen LogP contribution in [0.4, 0.5) is 5.69 Å². The number of hydrogen-bond acceptors (Lipinski definition) is 4. The average Bonchev–Trinajstić information content (AvgIpc) is 3.16. The van der Waals surface area contributed by atoms with E-state index < -0.39 is 0 Å². The molecule has 0 spiro atoms. The van der Waals surface area contributed by atoms with Gasteiger partial charge in [0.2, 0.25) is 0 Å². The molecule has 0 saturated carbocycles. The summed E-state index contributed by atoms with van der Waals surface area (Å²) < 4.78 is 11.3. The first kappa shape index (κ1) is 17.2. The van der Waals surface area contributed by atoms with E-state index in [1.165, 1.54) is 0 Å². The van der Waals surface area contributed by atoms with Gasteiger partial charge in [-0.2, -0.15) is 0 Å². The monoisotopic (exact) mass is 332 g/mol. The van der Waals surface area contributed by atoms with E-state index in [0.717, 1.165) is 50.0 Å². The number of nitrogens with zero attached hydrogens (tertiary/aromatic N) is 2. The van der Waals surface area contributed by atoms with Gasteiger partial charge in [0.1, 0.15) is 0 Å². The molecule has 132 valence electrons. The van der Waals surface area contributed by atoms with Gasteiger partial charge in [-0.1, -0.05) is 6.92 Å². The van der Waals surface area contributed by atoms with Crippen LogP contribution in [0.1, 0.15) is 43.0 Å². The van der Waals surface area contributed by atoms with Crippen LogP contribution in [0.3, 0.4) is 0 Å². The van der Waals surface area contributed by atoms with Crippen LogP contribution in [0.2, 0.25) is 0 Å². The minimum atomic E-state index is -0.260. The van der Waals surface area contributed by atoms with Gasteiger partial charge in [0.25, 0.3) is 5.91 Å². The topological polar surface area (TPSA) is 42.0 Å². The molecule has 2 saturated heterocycles. The Balaban J connectivity index is 1.71. The molecule has 0 radical (unpaired) electrons. The molecule has 1 aromatic carbocycles. The summed E-state index contributed by atoms with van der Waals surface area (Å²) >= 11 is 0. The summed E-state index contributed by atoms with van der Waals surface area (Å²) in [4.78, 5) is 17.1. The quantitative estimate of drug-likeness (QED) is 0.831. The van der Waals surface area contributed by atoms with Crippen molar-refractivity contribution in [2.24, 2.45) is 0 Å². The Bertz CT molecular complexity index is 540. The van der Waals surface area contributed by atoms with Gasteiger partial charge < -0.3 is 19.3 Å². The highest BCUT2D eigenvalue weighted by atomic mass is 16.7. The Morgan fingerprint density at radius 2 is 1.92 bits per heavy atom. The summed E-state index contributed by atoms with van der Waals surface area (Å²) in [5, 5.41) is 0. The van der Waals surface area contributed by atoms with E-state index in [1.807, 2.05) is 29.2 Å². The number of ether oxygens (including phenoxy) is 2. The summed E-state index contributed by atoms with van der Waals surface area (Å²) in [5.74, 6) is 0.0866. The molecule has 1 unspecified atom stereocenters. The summed E-state index contributed by atoms with van der Waals surface area (Å²) in [6.45, 7) is 5.21. The Labute approximate surface area is 144 Å². The molecule has 0 aliphatic carbocycles. The molecular weight excluding hydrogens is 304 g/mol. The van der Waals surface area contributed by atoms with Crippen molar-refractivity contribution in [2.45, 2.75) is 44.9 Å². The average molecular weight is 332 g/mol. The van der Waals surface area contributed by atoms with E-state index in [-0.39, 0.29) is 18.2 Å². The molecule has 2 fully saturated rings. The second kappa shape index (κ2) is 7.99. The van der Waals surface area contributed by atoms with Crippen molar-refractivity contribution in [3.8, 4) is 0 Å². The van der Waals surface area contributed by atoms with Crippen LogP contribution >= 0.6 is 0 Å². The van der Waals surface area contributed by atoms with Gasteiger partial charge in [0.15, 0.2) is 6.29 Å². The van der Waals surface area contributed by atoms with Crippen LogP contribution in [-0.4, -0.2) is 56.5 Å². The summed E-state index contributed by atoms with van der Waals surface area (Å²) in [7, 11) is 2.08. The standard InChI is InChI=1S/C19H28N2O3/c1-3-11-20(2)16-9-7-15(8-10-16)18(22)21-12-5-4-6-17(21)19-23-13-14-24-19/h7-10,17,19H,3-6,11-14H2,1-2H3. The predicted molar refractivity (Wildman–Crippen MR) is 94.4 cm³/mol. The van der Waals surface area contributed by atoms with E-state index in [9.17, 15) is 4.79 Å². The zero-order valence-electron chi connectivity index (χ0n) is 14.7. The molecule has 2 aliphatic heterocycles. The molecular formula is C19H28N2O3. The van der Waals surface area contributed by atoms with E-state index in [1.54, 1.807) is 0 Å². The van der Waals surface area contributed by atoms with Gasteiger partial charge in [-0.25, -0.2) is 0 Å². The number of hydrogen-bond donors (Lipinski definition) is 0. The lowest BCUT2D eigenvalue weighted by atomic mass is 10.00. The van der Waals surface area contributed by atoms with Crippen LogP contribution in [0.25, 0.3) is 0 Å². The second-order valence-electron chi connectivity index (χ2n) is 6.64. The minimum absolute atomic E-state index is 0.0381. The molecule has 5 heteroatoms. The van der Waals surface area contributed by atoms with E-state index >= 15 is 0 Å². The SMILES string of the molecule is CCCN(C)c1ccc(C(=O)N2CCCCC2C2OCCO2)cc1. The lowest BCUT2D eigenvalue weighted by Crippen LogP contribution is -2.50. The summed E-state index contributed by atoms with van der Waals surface area (Å²) in [6.07, 6.45) is 3.97. The van der Waals surface area contributed by atoms with Crippen molar-refractivity contribution in [3.05, 3.63) is 29.8 Å². The lowest BCUT2D eigenvalue weighted by molar-refractivity contribution is -0.100. The van der Waals surface area contributed by atoms with Gasteiger partial charge >= 0.3 is 0 Å². The van der Waals surface area contributed by atoms with Crippen LogP contribution in [0.15, 0.2) is 24.3 Å². The maximum absolute atomic E-state index is 13.0. The molecule has 5 nitrogen and oxygen atoms in total. The third-order valence-corrected chi connectivity index (χ3v) is 4.89. The first-order chi connectivity index (χ1) is 11.7. The van der Waals surface area contributed by atoms with Crippen molar-refractivity contribution in [2.75, 3.05) is 38.3 Å². The fourth-order valence-electron chi connectivity index (χ4n) is 3.58. The molecule has 1 aromatic rings. The van der Waals surface area contributed by atoms with Gasteiger partial charge in [0, 0.05) is 31.4 Å². The van der Waals surface area contributed by atoms with Gasteiger partial charge in [-0.15, -0.1) is 0 Å². The third kappa shape index (κ3) is 3.73. The van der Waals surface area contributed by atoms with Gasteiger partial charge in [-0.3, -0.25) is 4.79 Å². The first-order valence-corrected chi connectivity index (χ1v) is 9.06. The molecule has 2 heterocycles. The first-order valence-electron chi connectivity index (χ1n) is 9.06. The highest BCUT2D eigenvalue weighted by molar-refractivity contribution is 5.94. The van der Waals surface area contributed by atoms with Gasteiger partial charge in [-0.05, 0) is 49.9 Å². The Morgan fingerprint density at radius 1 is 1.21 bits per heavy atom. The number of anilines is 1. The zero-order valence-corrected chi connectivity index (χ0v) is 14.7. The lowest BCUT2D eigenvalue weighted by Gasteiger charge is -2.38. The van der Waals surface area contributed by atoms with E-state index in [2.05, 4.69) is 18.9 Å². The Hall–Kier alpha value is -1.59. The molecule has 0 bridgehead atoms. The molecule has 1 amide bonds. The van der Waals surface area contributed by atoms with E-state index in [0.29, 0.717) is 13.2 Å².